The van der Waals surface area contributed by atoms with Gasteiger partial charge in [-0.15, -0.1) is 0 Å². The Kier molecular flexibility index (Phi) is 5.86. The third-order valence-corrected chi connectivity index (χ3v) is 3.05. The van der Waals surface area contributed by atoms with E-state index in [1.165, 1.54) is 5.56 Å². The lowest BCUT2D eigenvalue weighted by Gasteiger charge is -2.18. The molecule has 3 nitrogen and oxygen atoms in total. The zero-order valence-corrected chi connectivity index (χ0v) is 11.8. The number of carbonyl (C=O) groups excluding carboxylic acids is 1. The highest BCUT2D eigenvalue weighted by molar-refractivity contribution is 5.78. The first-order chi connectivity index (χ1) is 8.54. The second-order valence-corrected chi connectivity index (χ2v) is 4.85. The quantitative estimate of drug-likeness (QED) is 0.811. The number of rotatable bonds is 6. The molecule has 0 heterocycles. The number of amides is 1. The van der Waals surface area contributed by atoms with E-state index in [2.05, 4.69) is 29.7 Å². The smallest absolute Gasteiger partial charge is 0.224 e. The summed E-state index contributed by atoms with van der Waals surface area (Å²) >= 11 is 0. The summed E-state index contributed by atoms with van der Waals surface area (Å²) in [5, 5.41) is 6.24. The third-order valence-electron chi connectivity index (χ3n) is 3.05. The first-order valence-corrected chi connectivity index (χ1v) is 6.62. The maximum absolute atomic E-state index is 12.0. The van der Waals surface area contributed by atoms with Crippen LogP contribution in [0.25, 0.3) is 0 Å². The molecule has 0 radical (unpaired) electrons. The molecule has 1 unspecified atom stereocenters. The van der Waals surface area contributed by atoms with Crippen LogP contribution in [0.2, 0.25) is 0 Å². The van der Waals surface area contributed by atoms with Crippen molar-refractivity contribution in [2.75, 3.05) is 13.1 Å². The van der Waals surface area contributed by atoms with Crippen LogP contribution in [0.5, 0.6) is 0 Å². The SMILES string of the molecule is CCNCC(C)C(=O)N[C@@H](C)c1cccc(C)c1. The predicted molar refractivity (Wildman–Crippen MR) is 75.4 cm³/mol. The third kappa shape index (κ3) is 4.49. The van der Waals surface area contributed by atoms with Crippen LogP contribution >= 0.6 is 0 Å². The fourth-order valence-electron chi connectivity index (χ4n) is 1.83. The molecule has 0 aliphatic rings. The first-order valence-electron chi connectivity index (χ1n) is 6.62. The summed E-state index contributed by atoms with van der Waals surface area (Å²) in [5.41, 5.74) is 2.37. The van der Waals surface area contributed by atoms with Crippen molar-refractivity contribution in [3.05, 3.63) is 35.4 Å². The molecule has 100 valence electrons. The Bertz CT molecular complexity index is 390. The van der Waals surface area contributed by atoms with Gasteiger partial charge in [0.15, 0.2) is 0 Å². The minimum atomic E-state index is -0.00258. The standard InChI is InChI=1S/C15H24N2O/c1-5-16-10-12(3)15(18)17-13(4)14-8-6-7-11(2)9-14/h6-9,12-13,16H,5,10H2,1-4H3,(H,17,18)/t12?,13-/m0/s1. The summed E-state index contributed by atoms with van der Waals surface area (Å²) in [5.74, 6) is 0.0992. The highest BCUT2D eigenvalue weighted by atomic mass is 16.1. The molecule has 2 atom stereocenters. The fourth-order valence-corrected chi connectivity index (χ4v) is 1.83. The minimum Gasteiger partial charge on any atom is -0.349 e. The van der Waals surface area contributed by atoms with E-state index in [9.17, 15) is 4.79 Å². The minimum absolute atomic E-state index is 0.00258. The van der Waals surface area contributed by atoms with Crippen molar-refractivity contribution >= 4 is 5.91 Å². The van der Waals surface area contributed by atoms with Gasteiger partial charge in [0.2, 0.25) is 5.91 Å². The molecule has 0 bridgehead atoms. The van der Waals surface area contributed by atoms with Crippen molar-refractivity contribution in [3.8, 4) is 0 Å². The Hall–Kier alpha value is -1.35. The van der Waals surface area contributed by atoms with E-state index in [0.717, 1.165) is 18.7 Å². The van der Waals surface area contributed by atoms with Crippen LogP contribution in [-0.2, 0) is 4.79 Å². The van der Waals surface area contributed by atoms with Gasteiger partial charge in [0, 0.05) is 12.5 Å². The molecule has 0 fully saturated rings. The predicted octanol–water partition coefficient (Wildman–Crippen LogP) is 2.42. The summed E-state index contributed by atoms with van der Waals surface area (Å²) in [6, 6.07) is 8.30. The second kappa shape index (κ2) is 7.17. The average molecular weight is 248 g/mol. The Labute approximate surface area is 110 Å². The number of aryl methyl sites for hydroxylation is 1. The lowest BCUT2D eigenvalue weighted by atomic mass is 10.0. The van der Waals surface area contributed by atoms with Gasteiger partial charge in [-0.2, -0.15) is 0 Å². The van der Waals surface area contributed by atoms with Crippen LogP contribution in [0.15, 0.2) is 24.3 Å². The summed E-state index contributed by atoms with van der Waals surface area (Å²) in [6.07, 6.45) is 0. The van der Waals surface area contributed by atoms with Crippen LogP contribution in [0.4, 0.5) is 0 Å². The lowest BCUT2D eigenvalue weighted by Crippen LogP contribution is -2.36. The van der Waals surface area contributed by atoms with E-state index in [1.807, 2.05) is 32.9 Å². The van der Waals surface area contributed by atoms with Gasteiger partial charge in [-0.25, -0.2) is 0 Å². The van der Waals surface area contributed by atoms with Crippen molar-refractivity contribution in [1.29, 1.82) is 0 Å². The van der Waals surface area contributed by atoms with Gasteiger partial charge in [0.25, 0.3) is 0 Å². The lowest BCUT2D eigenvalue weighted by molar-refractivity contribution is -0.125. The monoisotopic (exact) mass is 248 g/mol. The molecule has 0 spiro atoms. The Morgan fingerprint density at radius 2 is 2.06 bits per heavy atom. The summed E-state index contributed by atoms with van der Waals surface area (Å²) in [7, 11) is 0. The van der Waals surface area contributed by atoms with Gasteiger partial charge in [-0.3, -0.25) is 4.79 Å². The maximum atomic E-state index is 12.0. The highest BCUT2D eigenvalue weighted by Crippen LogP contribution is 2.14. The Morgan fingerprint density at radius 1 is 1.33 bits per heavy atom. The number of benzene rings is 1. The van der Waals surface area contributed by atoms with E-state index in [0.29, 0.717) is 0 Å². The molecule has 1 rings (SSSR count). The number of hydrogen-bond donors (Lipinski definition) is 2. The molecule has 18 heavy (non-hydrogen) atoms. The van der Waals surface area contributed by atoms with Crippen molar-refractivity contribution < 1.29 is 4.79 Å². The van der Waals surface area contributed by atoms with Crippen LogP contribution in [0.3, 0.4) is 0 Å². The Balaban J connectivity index is 2.54. The van der Waals surface area contributed by atoms with Crippen molar-refractivity contribution in [2.24, 2.45) is 5.92 Å². The molecule has 1 aromatic carbocycles. The Morgan fingerprint density at radius 3 is 2.67 bits per heavy atom. The average Bonchev–Trinajstić information content (AvgIpc) is 2.35. The van der Waals surface area contributed by atoms with Gasteiger partial charge >= 0.3 is 0 Å². The van der Waals surface area contributed by atoms with E-state index in [-0.39, 0.29) is 17.9 Å². The number of carbonyl (C=O) groups is 1. The highest BCUT2D eigenvalue weighted by Gasteiger charge is 2.15. The molecule has 0 saturated carbocycles. The van der Waals surface area contributed by atoms with Crippen molar-refractivity contribution in [2.45, 2.75) is 33.7 Å². The summed E-state index contributed by atoms with van der Waals surface area (Å²) in [6.45, 7) is 9.69. The van der Waals surface area contributed by atoms with E-state index in [1.54, 1.807) is 0 Å². The van der Waals surface area contributed by atoms with Crippen LogP contribution in [0, 0.1) is 12.8 Å². The van der Waals surface area contributed by atoms with Gasteiger partial charge < -0.3 is 10.6 Å². The molecule has 1 aromatic rings. The molecule has 0 aliphatic heterocycles. The second-order valence-electron chi connectivity index (χ2n) is 4.85. The van der Waals surface area contributed by atoms with Crippen LogP contribution < -0.4 is 10.6 Å². The van der Waals surface area contributed by atoms with E-state index >= 15 is 0 Å². The zero-order chi connectivity index (χ0) is 13.5. The van der Waals surface area contributed by atoms with Gasteiger partial charge in [-0.1, -0.05) is 43.7 Å². The largest absolute Gasteiger partial charge is 0.349 e. The normalized spacial score (nSPS) is 14.0. The van der Waals surface area contributed by atoms with Gasteiger partial charge in [0.05, 0.1) is 6.04 Å². The van der Waals surface area contributed by atoms with Gasteiger partial charge in [-0.05, 0) is 26.0 Å². The molecule has 0 aromatic heterocycles. The first kappa shape index (κ1) is 14.7. The van der Waals surface area contributed by atoms with Crippen molar-refractivity contribution in [3.63, 3.8) is 0 Å². The molecular weight excluding hydrogens is 224 g/mol. The summed E-state index contributed by atoms with van der Waals surface area (Å²) < 4.78 is 0. The molecule has 0 aliphatic carbocycles. The number of nitrogens with one attached hydrogen (secondary N) is 2. The van der Waals surface area contributed by atoms with Crippen LogP contribution in [-0.4, -0.2) is 19.0 Å². The zero-order valence-electron chi connectivity index (χ0n) is 11.8. The van der Waals surface area contributed by atoms with Crippen LogP contribution in [0.1, 0.15) is 37.9 Å². The molecule has 0 saturated heterocycles. The molecule has 3 heteroatoms. The van der Waals surface area contributed by atoms with Gasteiger partial charge in [0.1, 0.15) is 0 Å². The van der Waals surface area contributed by atoms with Crippen molar-refractivity contribution in [1.82, 2.24) is 10.6 Å². The molecule has 1 amide bonds. The number of hydrogen-bond acceptors (Lipinski definition) is 2. The molecule has 2 N–H and O–H groups in total. The fraction of sp³-hybridized carbons (Fsp3) is 0.533. The van der Waals surface area contributed by atoms with E-state index in [4.69, 9.17) is 0 Å². The topological polar surface area (TPSA) is 41.1 Å². The summed E-state index contributed by atoms with van der Waals surface area (Å²) in [4.78, 5) is 12.0. The maximum Gasteiger partial charge on any atom is 0.224 e. The molecular formula is C15H24N2O. The van der Waals surface area contributed by atoms with E-state index < -0.39 is 0 Å².